The van der Waals surface area contributed by atoms with Crippen LogP contribution in [0.15, 0.2) is 11.2 Å². The van der Waals surface area contributed by atoms with Crippen molar-refractivity contribution in [2.24, 2.45) is 0 Å². The lowest BCUT2D eigenvalue weighted by Gasteiger charge is -2.02. The largest absolute Gasteiger partial charge is 0.481 e. The molecule has 12 heavy (non-hydrogen) atoms. The van der Waals surface area contributed by atoms with Crippen LogP contribution in [0.2, 0.25) is 0 Å². The van der Waals surface area contributed by atoms with Crippen molar-refractivity contribution in [1.29, 1.82) is 0 Å². The van der Waals surface area contributed by atoms with Gasteiger partial charge in [-0.15, -0.1) is 0 Å². The van der Waals surface area contributed by atoms with Gasteiger partial charge < -0.3 is 9.84 Å². The molecule has 0 atom stereocenters. The Morgan fingerprint density at radius 2 is 2.33 bits per heavy atom. The van der Waals surface area contributed by atoms with Gasteiger partial charge in [-0.3, -0.25) is 0 Å². The van der Waals surface area contributed by atoms with Crippen LogP contribution in [-0.4, -0.2) is 28.4 Å². The van der Waals surface area contributed by atoms with Crippen LogP contribution in [0.5, 0.6) is 5.88 Å². The molecular weight excluding hydrogens is 176 g/mol. The highest BCUT2D eigenvalue weighted by molar-refractivity contribution is 7.98. The molecule has 1 aromatic rings. The van der Waals surface area contributed by atoms with Crippen molar-refractivity contribution in [2.45, 2.75) is 11.8 Å². The predicted octanol–water partition coefficient (Wildman–Crippen LogP) is 0.699. The Morgan fingerprint density at radius 3 is 2.83 bits per heavy atom. The minimum absolute atomic E-state index is 0.0908. The van der Waals surface area contributed by atoms with E-state index in [0.717, 1.165) is 0 Å². The number of aliphatic hydroxyl groups excluding tert-OH is 1. The standard InChI is InChI=1S/C7H10N2O2S/c1-11-6-3-5(4-10)8-7(9-6)12-2/h3,10H,4H2,1-2H3. The molecule has 0 saturated heterocycles. The molecule has 0 saturated carbocycles. The number of rotatable bonds is 3. The zero-order chi connectivity index (χ0) is 8.97. The van der Waals surface area contributed by atoms with Gasteiger partial charge in [0, 0.05) is 6.07 Å². The van der Waals surface area contributed by atoms with Gasteiger partial charge in [-0.2, -0.15) is 4.98 Å². The van der Waals surface area contributed by atoms with Gasteiger partial charge in [-0.1, -0.05) is 11.8 Å². The highest BCUT2D eigenvalue weighted by atomic mass is 32.2. The van der Waals surface area contributed by atoms with Gasteiger partial charge in [0.1, 0.15) is 0 Å². The lowest BCUT2D eigenvalue weighted by Crippen LogP contribution is -1.97. The van der Waals surface area contributed by atoms with E-state index in [1.807, 2.05) is 6.26 Å². The summed E-state index contributed by atoms with van der Waals surface area (Å²) in [6.07, 6.45) is 1.87. The lowest BCUT2D eigenvalue weighted by molar-refractivity contribution is 0.273. The van der Waals surface area contributed by atoms with E-state index in [1.165, 1.54) is 18.9 Å². The topological polar surface area (TPSA) is 55.2 Å². The molecule has 0 aliphatic carbocycles. The maximum Gasteiger partial charge on any atom is 0.217 e. The van der Waals surface area contributed by atoms with Crippen molar-refractivity contribution in [3.63, 3.8) is 0 Å². The molecule has 1 rings (SSSR count). The van der Waals surface area contributed by atoms with E-state index in [-0.39, 0.29) is 6.61 Å². The summed E-state index contributed by atoms with van der Waals surface area (Å²) in [6, 6.07) is 1.61. The number of ether oxygens (including phenoxy) is 1. The maximum absolute atomic E-state index is 8.82. The zero-order valence-electron chi connectivity index (χ0n) is 6.94. The Labute approximate surface area is 75.0 Å². The molecule has 0 aliphatic heterocycles. The fourth-order valence-electron chi connectivity index (χ4n) is 0.726. The fourth-order valence-corrected chi connectivity index (χ4v) is 1.12. The van der Waals surface area contributed by atoms with E-state index in [9.17, 15) is 0 Å². The van der Waals surface area contributed by atoms with Gasteiger partial charge in [0.25, 0.3) is 0 Å². The van der Waals surface area contributed by atoms with Gasteiger partial charge in [0.05, 0.1) is 19.4 Å². The fraction of sp³-hybridized carbons (Fsp3) is 0.429. The number of aromatic nitrogens is 2. The monoisotopic (exact) mass is 186 g/mol. The molecule has 1 heterocycles. The summed E-state index contributed by atoms with van der Waals surface area (Å²) >= 11 is 1.41. The van der Waals surface area contributed by atoms with Gasteiger partial charge >= 0.3 is 0 Å². The Morgan fingerprint density at radius 1 is 1.58 bits per heavy atom. The number of thioether (sulfide) groups is 1. The quantitative estimate of drug-likeness (QED) is 0.556. The van der Waals surface area contributed by atoms with Crippen molar-refractivity contribution in [1.82, 2.24) is 9.97 Å². The average Bonchev–Trinajstić information content (AvgIpc) is 2.16. The summed E-state index contributed by atoms with van der Waals surface area (Å²) in [6.45, 7) is -0.0908. The molecule has 0 fully saturated rings. The van der Waals surface area contributed by atoms with Crippen molar-refractivity contribution in [2.75, 3.05) is 13.4 Å². The number of aliphatic hydroxyl groups is 1. The van der Waals surface area contributed by atoms with Crippen LogP contribution in [0.4, 0.5) is 0 Å². The number of hydrogen-bond donors (Lipinski definition) is 1. The molecule has 4 nitrogen and oxygen atoms in total. The van der Waals surface area contributed by atoms with Crippen LogP contribution >= 0.6 is 11.8 Å². The third-order valence-corrected chi connectivity index (χ3v) is 1.84. The van der Waals surface area contributed by atoms with E-state index >= 15 is 0 Å². The summed E-state index contributed by atoms with van der Waals surface area (Å²) in [5, 5.41) is 9.43. The highest BCUT2D eigenvalue weighted by Gasteiger charge is 2.02. The SMILES string of the molecule is COc1cc(CO)nc(SC)n1. The summed E-state index contributed by atoms with van der Waals surface area (Å²) in [5.41, 5.74) is 0.575. The molecule has 5 heteroatoms. The molecule has 1 aromatic heterocycles. The van der Waals surface area contributed by atoms with Crippen LogP contribution in [0.1, 0.15) is 5.69 Å². The summed E-state index contributed by atoms with van der Waals surface area (Å²) in [4.78, 5) is 8.08. The van der Waals surface area contributed by atoms with Crippen LogP contribution in [0, 0.1) is 0 Å². The molecule has 0 unspecified atom stereocenters. The lowest BCUT2D eigenvalue weighted by atomic mass is 10.4. The number of methoxy groups -OCH3 is 1. The molecule has 66 valence electrons. The van der Waals surface area contributed by atoms with Crippen LogP contribution < -0.4 is 4.74 Å². The molecule has 1 N–H and O–H groups in total. The van der Waals surface area contributed by atoms with E-state index in [2.05, 4.69) is 9.97 Å². The molecule has 0 spiro atoms. The first-order valence-electron chi connectivity index (χ1n) is 3.37. The Hall–Kier alpha value is -0.810. The number of nitrogens with zero attached hydrogens (tertiary/aromatic N) is 2. The smallest absolute Gasteiger partial charge is 0.217 e. The van der Waals surface area contributed by atoms with E-state index in [1.54, 1.807) is 6.07 Å². The van der Waals surface area contributed by atoms with Gasteiger partial charge in [-0.05, 0) is 6.26 Å². The van der Waals surface area contributed by atoms with E-state index < -0.39 is 0 Å². The summed E-state index contributed by atoms with van der Waals surface area (Å²) in [5.74, 6) is 0.485. The Balaban J connectivity index is 3.01. The van der Waals surface area contributed by atoms with Crippen molar-refractivity contribution < 1.29 is 9.84 Å². The first-order chi connectivity index (χ1) is 5.80. The van der Waals surface area contributed by atoms with Crippen molar-refractivity contribution >= 4 is 11.8 Å². The second-order valence-corrected chi connectivity index (χ2v) is 2.82. The summed E-state index contributed by atoms with van der Waals surface area (Å²) in [7, 11) is 1.54. The average molecular weight is 186 g/mol. The molecule has 0 aromatic carbocycles. The molecule has 0 bridgehead atoms. The normalized spacial score (nSPS) is 9.92. The van der Waals surface area contributed by atoms with E-state index in [0.29, 0.717) is 16.7 Å². The van der Waals surface area contributed by atoms with E-state index in [4.69, 9.17) is 9.84 Å². The molecule has 0 aliphatic rings. The van der Waals surface area contributed by atoms with Crippen molar-refractivity contribution in [3.05, 3.63) is 11.8 Å². The Kier molecular flexibility index (Phi) is 3.31. The Bertz CT molecular complexity index is 212. The van der Waals surface area contributed by atoms with Gasteiger partial charge in [0.15, 0.2) is 5.16 Å². The molecule has 0 amide bonds. The predicted molar refractivity (Wildman–Crippen MR) is 46.3 cm³/mol. The first-order valence-corrected chi connectivity index (χ1v) is 4.59. The van der Waals surface area contributed by atoms with Crippen LogP contribution in [-0.2, 0) is 6.61 Å². The second-order valence-electron chi connectivity index (χ2n) is 2.05. The minimum Gasteiger partial charge on any atom is -0.481 e. The molecular formula is C7H10N2O2S. The highest BCUT2D eigenvalue weighted by Crippen LogP contribution is 2.15. The first kappa shape index (κ1) is 9.28. The van der Waals surface area contributed by atoms with Crippen LogP contribution in [0.3, 0.4) is 0 Å². The number of hydrogen-bond acceptors (Lipinski definition) is 5. The second kappa shape index (κ2) is 4.27. The maximum atomic E-state index is 8.82. The van der Waals surface area contributed by atoms with Gasteiger partial charge in [0.2, 0.25) is 5.88 Å². The third kappa shape index (κ3) is 2.09. The third-order valence-electron chi connectivity index (χ3n) is 1.29. The summed E-state index contributed by atoms with van der Waals surface area (Å²) < 4.78 is 4.92. The minimum atomic E-state index is -0.0908. The van der Waals surface area contributed by atoms with Crippen LogP contribution in [0.25, 0.3) is 0 Å². The molecule has 0 radical (unpaired) electrons. The zero-order valence-corrected chi connectivity index (χ0v) is 7.76. The van der Waals surface area contributed by atoms with Crippen molar-refractivity contribution in [3.8, 4) is 5.88 Å². The van der Waals surface area contributed by atoms with Gasteiger partial charge in [-0.25, -0.2) is 4.98 Å².